The molecule has 0 saturated carbocycles. The Labute approximate surface area is 190 Å². The lowest BCUT2D eigenvalue weighted by atomic mass is 10.1. The first-order valence-corrected chi connectivity index (χ1v) is 10.5. The number of benzene rings is 2. The van der Waals surface area contributed by atoms with Crippen LogP contribution >= 0.6 is 11.6 Å². The first-order chi connectivity index (χ1) is 15.4. The lowest BCUT2D eigenvalue weighted by Crippen LogP contribution is -2.32. The van der Waals surface area contributed by atoms with Crippen LogP contribution in [-0.2, 0) is 9.53 Å². The number of fused-ring (bicyclic) bond motifs is 1. The van der Waals surface area contributed by atoms with Gasteiger partial charge in [0.15, 0.2) is 0 Å². The Morgan fingerprint density at radius 2 is 2.00 bits per heavy atom. The minimum absolute atomic E-state index is 0.186. The first kappa shape index (κ1) is 23.6. The molecule has 2 amide bonds. The van der Waals surface area contributed by atoms with Gasteiger partial charge < -0.3 is 30.2 Å². The van der Waals surface area contributed by atoms with Gasteiger partial charge in [-0.25, -0.2) is 0 Å². The van der Waals surface area contributed by atoms with Crippen LogP contribution in [0.4, 0.5) is 0 Å². The Balaban J connectivity index is 1.73. The van der Waals surface area contributed by atoms with E-state index in [9.17, 15) is 14.7 Å². The molecule has 3 rings (SSSR count). The number of ether oxygens (including phenoxy) is 2. The van der Waals surface area contributed by atoms with E-state index in [2.05, 4.69) is 15.6 Å². The van der Waals surface area contributed by atoms with Gasteiger partial charge in [0.25, 0.3) is 5.91 Å². The smallest absolute Gasteiger partial charge is 0.268 e. The van der Waals surface area contributed by atoms with Crippen molar-refractivity contribution in [3.63, 3.8) is 0 Å². The Hall–Kier alpha value is -3.07. The number of amides is 2. The number of carbonyl (C=O) groups is 2. The van der Waals surface area contributed by atoms with Crippen LogP contribution in [0.3, 0.4) is 0 Å². The summed E-state index contributed by atoms with van der Waals surface area (Å²) in [4.78, 5) is 26.3. The molecule has 2 unspecified atom stereocenters. The SMILES string of the molecule is COC(CNC=O)COc1cc2[nH]c(C(=O)NC(CO)c3ccc(C)cc3)cc2cc1Cl. The number of nitrogens with one attached hydrogen (secondary N) is 3. The lowest BCUT2D eigenvalue weighted by molar-refractivity contribution is -0.110. The standard InChI is InChI=1S/C23H26ClN3O5/c1-14-3-5-15(6-4-14)21(11-28)27-23(30)20-8-16-7-18(24)22(9-19(16)26-20)32-12-17(31-2)10-25-13-29/h3-9,13,17,21,26,28H,10-12H2,1-2H3,(H,25,29)(H,27,30). The maximum atomic E-state index is 12.8. The second kappa shape index (κ2) is 11.0. The fourth-order valence-corrected chi connectivity index (χ4v) is 3.43. The Morgan fingerprint density at radius 1 is 1.25 bits per heavy atom. The number of aryl methyl sites for hydroxylation is 1. The Morgan fingerprint density at radius 3 is 2.66 bits per heavy atom. The lowest BCUT2D eigenvalue weighted by Gasteiger charge is -2.16. The van der Waals surface area contributed by atoms with E-state index in [1.807, 2.05) is 31.2 Å². The summed E-state index contributed by atoms with van der Waals surface area (Å²) in [5.74, 6) is 0.0767. The molecule has 0 saturated heterocycles. The third-order valence-corrected chi connectivity index (χ3v) is 5.37. The van der Waals surface area contributed by atoms with Crippen molar-refractivity contribution >= 4 is 34.8 Å². The summed E-state index contributed by atoms with van der Waals surface area (Å²) in [5, 5.41) is 16.3. The molecule has 0 aliphatic carbocycles. The van der Waals surface area contributed by atoms with E-state index in [1.54, 1.807) is 18.2 Å². The van der Waals surface area contributed by atoms with Crippen molar-refractivity contribution in [2.45, 2.75) is 19.1 Å². The molecule has 0 aliphatic rings. The second-order valence-corrected chi connectivity index (χ2v) is 7.77. The minimum atomic E-state index is -0.525. The van der Waals surface area contributed by atoms with Crippen LogP contribution in [0.25, 0.3) is 10.9 Å². The largest absolute Gasteiger partial charge is 0.489 e. The number of hydrogen-bond acceptors (Lipinski definition) is 5. The van der Waals surface area contributed by atoms with Crippen molar-refractivity contribution < 1.29 is 24.2 Å². The molecule has 0 aliphatic heterocycles. The van der Waals surface area contributed by atoms with Crippen LogP contribution in [0.1, 0.15) is 27.7 Å². The number of aliphatic hydroxyl groups is 1. The van der Waals surface area contributed by atoms with Crippen LogP contribution in [0.2, 0.25) is 5.02 Å². The van der Waals surface area contributed by atoms with Crippen molar-refractivity contribution in [3.8, 4) is 5.75 Å². The number of methoxy groups -OCH3 is 1. The fourth-order valence-electron chi connectivity index (χ4n) is 3.21. The van der Waals surface area contributed by atoms with Crippen molar-refractivity contribution in [2.24, 2.45) is 0 Å². The van der Waals surface area contributed by atoms with Gasteiger partial charge in [-0.1, -0.05) is 41.4 Å². The van der Waals surface area contributed by atoms with E-state index < -0.39 is 6.04 Å². The zero-order valence-corrected chi connectivity index (χ0v) is 18.6. The van der Waals surface area contributed by atoms with Gasteiger partial charge in [0.1, 0.15) is 24.2 Å². The molecular weight excluding hydrogens is 434 g/mol. The molecule has 3 aromatic rings. The summed E-state index contributed by atoms with van der Waals surface area (Å²) < 4.78 is 11.0. The third kappa shape index (κ3) is 5.79. The van der Waals surface area contributed by atoms with Crippen LogP contribution in [-0.4, -0.2) is 55.4 Å². The number of aromatic nitrogens is 1. The zero-order valence-electron chi connectivity index (χ0n) is 17.9. The molecule has 9 heteroatoms. The molecule has 4 N–H and O–H groups in total. The zero-order chi connectivity index (χ0) is 23.1. The number of aliphatic hydroxyl groups excluding tert-OH is 1. The number of rotatable bonds is 11. The monoisotopic (exact) mass is 459 g/mol. The van der Waals surface area contributed by atoms with Crippen LogP contribution in [0.15, 0.2) is 42.5 Å². The summed E-state index contributed by atoms with van der Waals surface area (Å²) >= 11 is 6.34. The average molecular weight is 460 g/mol. The molecule has 0 spiro atoms. The molecule has 2 aromatic carbocycles. The minimum Gasteiger partial charge on any atom is -0.489 e. The van der Waals surface area contributed by atoms with Gasteiger partial charge in [-0.15, -0.1) is 0 Å². The summed E-state index contributed by atoms with van der Waals surface area (Å²) in [5.41, 5.74) is 2.92. The van der Waals surface area contributed by atoms with Crippen LogP contribution < -0.4 is 15.4 Å². The molecule has 0 radical (unpaired) electrons. The first-order valence-electron chi connectivity index (χ1n) is 10.1. The third-order valence-electron chi connectivity index (χ3n) is 5.07. The molecular formula is C23H26ClN3O5. The fraction of sp³-hybridized carbons (Fsp3) is 0.304. The number of aromatic amines is 1. The van der Waals surface area contributed by atoms with E-state index in [-0.39, 0.29) is 25.2 Å². The highest BCUT2D eigenvalue weighted by atomic mass is 35.5. The van der Waals surface area contributed by atoms with Crippen molar-refractivity contribution in [3.05, 3.63) is 64.3 Å². The quantitative estimate of drug-likeness (QED) is 0.329. The maximum absolute atomic E-state index is 12.8. The van der Waals surface area contributed by atoms with E-state index in [4.69, 9.17) is 21.1 Å². The van der Waals surface area contributed by atoms with Crippen LogP contribution in [0.5, 0.6) is 5.75 Å². The van der Waals surface area contributed by atoms with Crippen molar-refractivity contribution in [1.29, 1.82) is 0 Å². The van der Waals surface area contributed by atoms with Gasteiger partial charge >= 0.3 is 0 Å². The Bertz CT molecular complexity index is 1070. The summed E-state index contributed by atoms with van der Waals surface area (Å²) in [7, 11) is 1.53. The van der Waals surface area contributed by atoms with E-state index in [0.29, 0.717) is 34.9 Å². The summed E-state index contributed by atoms with van der Waals surface area (Å²) in [6, 6.07) is 12.2. The number of H-pyrrole nitrogens is 1. The number of carbonyl (C=O) groups excluding carboxylic acids is 2. The van der Waals surface area contributed by atoms with E-state index in [1.165, 1.54) is 7.11 Å². The normalized spacial score (nSPS) is 12.9. The van der Waals surface area contributed by atoms with E-state index >= 15 is 0 Å². The molecule has 0 bridgehead atoms. The highest BCUT2D eigenvalue weighted by Crippen LogP contribution is 2.31. The molecule has 2 atom stereocenters. The van der Waals surface area contributed by atoms with Gasteiger partial charge in [0, 0.05) is 30.6 Å². The highest BCUT2D eigenvalue weighted by molar-refractivity contribution is 6.32. The molecule has 1 aromatic heterocycles. The van der Waals surface area contributed by atoms with Gasteiger partial charge in [0.05, 0.1) is 17.7 Å². The van der Waals surface area contributed by atoms with E-state index in [0.717, 1.165) is 16.5 Å². The molecule has 0 fully saturated rings. The van der Waals surface area contributed by atoms with Gasteiger partial charge in [-0.05, 0) is 24.6 Å². The molecule has 8 nitrogen and oxygen atoms in total. The number of hydrogen-bond donors (Lipinski definition) is 4. The predicted octanol–water partition coefficient (Wildman–Crippen LogP) is 2.73. The average Bonchev–Trinajstić information content (AvgIpc) is 3.21. The molecule has 1 heterocycles. The predicted molar refractivity (Wildman–Crippen MR) is 122 cm³/mol. The van der Waals surface area contributed by atoms with Crippen LogP contribution in [0, 0.1) is 6.92 Å². The summed E-state index contributed by atoms with van der Waals surface area (Å²) in [6.07, 6.45) is 0.255. The maximum Gasteiger partial charge on any atom is 0.268 e. The Kier molecular flexibility index (Phi) is 8.10. The molecule has 32 heavy (non-hydrogen) atoms. The van der Waals surface area contributed by atoms with Gasteiger partial charge in [0.2, 0.25) is 6.41 Å². The van der Waals surface area contributed by atoms with Crippen molar-refractivity contribution in [2.75, 3.05) is 26.9 Å². The molecule has 170 valence electrons. The second-order valence-electron chi connectivity index (χ2n) is 7.37. The topological polar surface area (TPSA) is 113 Å². The highest BCUT2D eigenvalue weighted by Gasteiger charge is 2.18. The van der Waals surface area contributed by atoms with Crippen molar-refractivity contribution in [1.82, 2.24) is 15.6 Å². The van der Waals surface area contributed by atoms with Gasteiger partial charge in [-0.2, -0.15) is 0 Å². The number of halogens is 1. The summed E-state index contributed by atoms with van der Waals surface area (Å²) in [6.45, 7) is 2.24. The van der Waals surface area contributed by atoms with Gasteiger partial charge in [-0.3, -0.25) is 9.59 Å².